The molecule has 1 fully saturated rings. The average molecular weight is 309 g/mol. The number of ether oxygens (including phenoxy) is 1. The fourth-order valence-corrected chi connectivity index (χ4v) is 2.92. The van der Waals surface area contributed by atoms with Crippen LogP contribution in [0, 0.1) is 0 Å². The Labute approximate surface area is 125 Å². The number of rotatable bonds is 5. The summed E-state index contributed by atoms with van der Waals surface area (Å²) in [5.41, 5.74) is 0.930. The minimum atomic E-state index is -0.833. The van der Waals surface area contributed by atoms with Gasteiger partial charge < -0.3 is 14.4 Å². The standard InChI is InChI=1S/C13H15N3O4S/c17-12(18)5-10-7-19-3-2-16(10)6-11-14-13(15-20-11)9-1-4-21-8-9/h1,4,8,10H,2-3,5-7H2,(H,17,18). The van der Waals surface area contributed by atoms with E-state index in [2.05, 4.69) is 10.1 Å². The predicted octanol–water partition coefficient (Wildman–Crippen LogP) is 1.47. The van der Waals surface area contributed by atoms with Crippen molar-refractivity contribution in [1.29, 1.82) is 0 Å². The summed E-state index contributed by atoms with van der Waals surface area (Å²) in [5, 5.41) is 16.8. The molecule has 3 rings (SSSR count). The molecular formula is C13H15N3O4S. The average Bonchev–Trinajstić information content (AvgIpc) is 3.11. The van der Waals surface area contributed by atoms with Gasteiger partial charge >= 0.3 is 5.97 Å². The van der Waals surface area contributed by atoms with Crippen molar-refractivity contribution in [3.05, 3.63) is 22.7 Å². The van der Waals surface area contributed by atoms with Gasteiger partial charge in [-0.05, 0) is 11.4 Å². The van der Waals surface area contributed by atoms with Crippen LogP contribution in [0.3, 0.4) is 0 Å². The SMILES string of the molecule is O=C(O)CC1COCCN1Cc1nc(-c2ccsc2)no1. The Kier molecular flexibility index (Phi) is 4.28. The van der Waals surface area contributed by atoms with Crippen molar-refractivity contribution < 1.29 is 19.2 Å². The van der Waals surface area contributed by atoms with E-state index in [1.807, 2.05) is 21.7 Å². The van der Waals surface area contributed by atoms with Gasteiger partial charge in [-0.3, -0.25) is 9.69 Å². The lowest BCUT2D eigenvalue weighted by molar-refractivity contribution is -0.140. The summed E-state index contributed by atoms with van der Waals surface area (Å²) in [4.78, 5) is 17.3. The number of nitrogens with zero attached hydrogens (tertiary/aromatic N) is 3. The van der Waals surface area contributed by atoms with E-state index in [0.29, 0.717) is 38.0 Å². The van der Waals surface area contributed by atoms with E-state index >= 15 is 0 Å². The van der Waals surface area contributed by atoms with Gasteiger partial charge in [0.25, 0.3) is 0 Å². The molecule has 1 aliphatic rings. The highest BCUT2D eigenvalue weighted by molar-refractivity contribution is 7.08. The molecule has 2 aromatic rings. The van der Waals surface area contributed by atoms with Gasteiger partial charge in [0.2, 0.25) is 11.7 Å². The van der Waals surface area contributed by atoms with Crippen molar-refractivity contribution in [3.63, 3.8) is 0 Å². The van der Waals surface area contributed by atoms with Crippen molar-refractivity contribution in [2.24, 2.45) is 0 Å². The van der Waals surface area contributed by atoms with Crippen molar-refractivity contribution >= 4 is 17.3 Å². The molecule has 0 radical (unpaired) electrons. The molecule has 1 aliphatic heterocycles. The number of hydrogen-bond donors (Lipinski definition) is 1. The first kappa shape index (κ1) is 14.2. The molecule has 1 unspecified atom stereocenters. The van der Waals surface area contributed by atoms with Crippen LogP contribution in [0.4, 0.5) is 0 Å². The van der Waals surface area contributed by atoms with Crippen molar-refractivity contribution in [1.82, 2.24) is 15.0 Å². The molecule has 2 aromatic heterocycles. The first-order chi connectivity index (χ1) is 10.2. The highest BCUT2D eigenvalue weighted by Crippen LogP contribution is 2.20. The van der Waals surface area contributed by atoms with Crippen LogP contribution in [0.15, 0.2) is 21.3 Å². The molecule has 0 aliphatic carbocycles. The molecule has 0 aromatic carbocycles. The Morgan fingerprint density at radius 3 is 3.24 bits per heavy atom. The Morgan fingerprint density at radius 2 is 2.48 bits per heavy atom. The third-order valence-electron chi connectivity index (χ3n) is 3.35. The third-order valence-corrected chi connectivity index (χ3v) is 4.03. The van der Waals surface area contributed by atoms with E-state index in [1.165, 1.54) is 0 Å². The largest absolute Gasteiger partial charge is 0.481 e. The first-order valence-corrected chi connectivity index (χ1v) is 7.55. The molecule has 1 saturated heterocycles. The molecule has 7 nitrogen and oxygen atoms in total. The molecule has 8 heteroatoms. The maximum Gasteiger partial charge on any atom is 0.305 e. The van der Waals surface area contributed by atoms with Crippen molar-refractivity contribution in [2.75, 3.05) is 19.8 Å². The highest BCUT2D eigenvalue weighted by Gasteiger charge is 2.27. The number of carboxylic acids is 1. The van der Waals surface area contributed by atoms with E-state index in [0.717, 1.165) is 5.56 Å². The maximum atomic E-state index is 10.9. The number of aromatic nitrogens is 2. The highest BCUT2D eigenvalue weighted by atomic mass is 32.1. The Balaban J connectivity index is 1.68. The van der Waals surface area contributed by atoms with Crippen LogP contribution in [-0.2, 0) is 16.1 Å². The topological polar surface area (TPSA) is 88.7 Å². The zero-order valence-corrected chi connectivity index (χ0v) is 12.1. The van der Waals surface area contributed by atoms with Gasteiger partial charge in [-0.15, -0.1) is 0 Å². The van der Waals surface area contributed by atoms with Crippen LogP contribution in [0.2, 0.25) is 0 Å². The molecule has 0 spiro atoms. The summed E-state index contributed by atoms with van der Waals surface area (Å²) in [6, 6.07) is 1.77. The number of carbonyl (C=O) groups is 1. The first-order valence-electron chi connectivity index (χ1n) is 6.61. The van der Waals surface area contributed by atoms with Crippen LogP contribution in [0.5, 0.6) is 0 Å². The Bertz CT molecular complexity index is 598. The number of carboxylic acid groups (broad SMARTS) is 1. The predicted molar refractivity (Wildman–Crippen MR) is 74.9 cm³/mol. The second kappa shape index (κ2) is 6.33. The van der Waals surface area contributed by atoms with E-state index in [-0.39, 0.29) is 12.5 Å². The molecule has 0 bridgehead atoms. The number of hydrogen-bond acceptors (Lipinski definition) is 7. The smallest absolute Gasteiger partial charge is 0.305 e. The molecule has 21 heavy (non-hydrogen) atoms. The number of morpholine rings is 1. The van der Waals surface area contributed by atoms with Crippen molar-refractivity contribution in [3.8, 4) is 11.4 Å². The van der Waals surface area contributed by atoms with Gasteiger partial charge in [-0.2, -0.15) is 16.3 Å². The molecule has 0 saturated carbocycles. The number of thiophene rings is 1. The normalized spacial score (nSPS) is 19.7. The Morgan fingerprint density at radius 1 is 1.57 bits per heavy atom. The summed E-state index contributed by atoms with van der Waals surface area (Å²) < 4.78 is 10.6. The zero-order valence-electron chi connectivity index (χ0n) is 11.3. The molecular weight excluding hydrogens is 294 g/mol. The van der Waals surface area contributed by atoms with Crippen LogP contribution in [-0.4, -0.2) is 51.9 Å². The minimum Gasteiger partial charge on any atom is -0.481 e. The minimum absolute atomic E-state index is 0.0471. The van der Waals surface area contributed by atoms with Crippen molar-refractivity contribution in [2.45, 2.75) is 19.0 Å². The maximum absolute atomic E-state index is 10.9. The third kappa shape index (κ3) is 3.46. The van der Waals surface area contributed by atoms with Gasteiger partial charge in [-0.1, -0.05) is 5.16 Å². The van der Waals surface area contributed by atoms with Gasteiger partial charge in [0, 0.05) is 23.5 Å². The van der Waals surface area contributed by atoms with E-state index in [9.17, 15) is 4.79 Å². The van der Waals surface area contributed by atoms with Crippen LogP contribution < -0.4 is 0 Å². The quantitative estimate of drug-likeness (QED) is 0.894. The summed E-state index contributed by atoms with van der Waals surface area (Å²) >= 11 is 1.57. The fraction of sp³-hybridized carbons (Fsp3) is 0.462. The summed E-state index contributed by atoms with van der Waals surface area (Å²) in [7, 11) is 0. The van der Waals surface area contributed by atoms with Gasteiger partial charge in [-0.25, -0.2) is 0 Å². The van der Waals surface area contributed by atoms with E-state index in [4.69, 9.17) is 14.4 Å². The fourth-order valence-electron chi connectivity index (χ4n) is 2.29. The molecule has 1 atom stereocenters. The lowest BCUT2D eigenvalue weighted by atomic mass is 10.1. The van der Waals surface area contributed by atoms with Gasteiger partial charge in [0.05, 0.1) is 26.2 Å². The summed E-state index contributed by atoms with van der Waals surface area (Å²) in [6.45, 7) is 2.10. The van der Waals surface area contributed by atoms with E-state index < -0.39 is 5.97 Å². The van der Waals surface area contributed by atoms with Crippen LogP contribution in [0.1, 0.15) is 12.3 Å². The molecule has 0 amide bonds. The van der Waals surface area contributed by atoms with Gasteiger partial charge in [0.15, 0.2) is 0 Å². The summed E-state index contributed by atoms with van der Waals surface area (Å²) in [5.74, 6) is 0.225. The Hall–Kier alpha value is -1.77. The number of aliphatic carboxylic acids is 1. The van der Waals surface area contributed by atoms with Crippen LogP contribution in [0.25, 0.3) is 11.4 Å². The zero-order chi connectivity index (χ0) is 14.7. The van der Waals surface area contributed by atoms with Crippen LogP contribution >= 0.6 is 11.3 Å². The monoisotopic (exact) mass is 309 g/mol. The second-order valence-corrected chi connectivity index (χ2v) is 5.60. The van der Waals surface area contributed by atoms with E-state index in [1.54, 1.807) is 11.3 Å². The molecule has 112 valence electrons. The lowest BCUT2D eigenvalue weighted by Gasteiger charge is -2.33. The van der Waals surface area contributed by atoms with Gasteiger partial charge in [0.1, 0.15) is 0 Å². The summed E-state index contributed by atoms with van der Waals surface area (Å²) in [6.07, 6.45) is 0.0471. The lowest BCUT2D eigenvalue weighted by Crippen LogP contribution is -2.45. The second-order valence-electron chi connectivity index (χ2n) is 4.82. The molecule has 3 heterocycles. The molecule has 1 N–H and O–H groups in total.